The molecule has 152 valence electrons. The number of benzene rings is 1. The number of nitrogens with one attached hydrogen (secondary N) is 1. The van der Waals surface area contributed by atoms with Crippen molar-refractivity contribution in [2.45, 2.75) is 46.3 Å². The van der Waals surface area contributed by atoms with E-state index in [-0.39, 0.29) is 11.9 Å². The molecule has 7 heteroatoms. The summed E-state index contributed by atoms with van der Waals surface area (Å²) < 4.78 is 7.32. The third-order valence-electron chi connectivity index (χ3n) is 5.53. The zero-order chi connectivity index (χ0) is 20.4. The van der Waals surface area contributed by atoms with Crippen molar-refractivity contribution in [1.29, 1.82) is 0 Å². The number of carbonyl (C=O) groups excluding carboxylic acids is 1. The first-order chi connectivity index (χ1) is 14.0. The lowest BCUT2D eigenvalue weighted by atomic mass is 10.1. The molecule has 1 aliphatic rings. The van der Waals surface area contributed by atoms with E-state index in [4.69, 9.17) is 4.42 Å². The second-order valence-corrected chi connectivity index (χ2v) is 7.75. The van der Waals surface area contributed by atoms with Crippen LogP contribution in [0.2, 0.25) is 0 Å². The van der Waals surface area contributed by atoms with Gasteiger partial charge in [-0.3, -0.25) is 9.69 Å². The van der Waals surface area contributed by atoms with Gasteiger partial charge in [-0.1, -0.05) is 23.8 Å². The lowest BCUT2D eigenvalue weighted by molar-refractivity contribution is 0.0909. The highest BCUT2D eigenvalue weighted by atomic mass is 16.3. The first-order valence-electron chi connectivity index (χ1n) is 10.1. The molecule has 1 N–H and O–H groups in total. The van der Waals surface area contributed by atoms with Crippen molar-refractivity contribution in [1.82, 2.24) is 25.0 Å². The Labute approximate surface area is 170 Å². The summed E-state index contributed by atoms with van der Waals surface area (Å²) in [7, 11) is 0. The molecule has 1 aliphatic heterocycles. The molecule has 3 heterocycles. The van der Waals surface area contributed by atoms with Crippen molar-refractivity contribution in [3.63, 3.8) is 0 Å². The second kappa shape index (κ2) is 8.21. The maximum atomic E-state index is 12.3. The summed E-state index contributed by atoms with van der Waals surface area (Å²) in [5, 5.41) is 11.7. The second-order valence-electron chi connectivity index (χ2n) is 7.75. The van der Waals surface area contributed by atoms with Crippen LogP contribution >= 0.6 is 0 Å². The van der Waals surface area contributed by atoms with E-state index in [1.165, 1.54) is 23.0 Å². The number of aryl methyl sites for hydroxylation is 2. The quantitative estimate of drug-likeness (QED) is 0.721. The maximum Gasteiger partial charge on any atom is 0.287 e. The first kappa shape index (κ1) is 19.4. The van der Waals surface area contributed by atoms with E-state index in [0.29, 0.717) is 5.76 Å². The Morgan fingerprint density at radius 1 is 1.21 bits per heavy atom. The molecule has 1 amide bonds. The van der Waals surface area contributed by atoms with Gasteiger partial charge in [-0.2, -0.15) is 0 Å². The molecule has 0 radical (unpaired) electrons. The predicted octanol–water partition coefficient (Wildman–Crippen LogP) is 3.04. The molecule has 0 fully saturated rings. The number of aromatic nitrogens is 3. The van der Waals surface area contributed by atoms with Crippen LogP contribution in [-0.2, 0) is 19.5 Å². The van der Waals surface area contributed by atoms with Gasteiger partial charge in [0.15, 0.2) is 11.6 Å². The highest BCUT2D eigenvalue weighted by Crippen LogP contribution is 2.19. The summed E-state index contributed by atoms with van der Waals surface area (Å²) in [6, 6.07) is 9.73. The van der Waals surface area contributed by atoms with E-state index in [0.717, 1.165) is 44.2 Å². The fourth-order valence-electron chi connectivity index (χ4n) is 3.82. The van der Waals surface area contributed by atoms with E-state index in [9.17, 15) is 4.79 Å². The van der Waals surface area contributed by atoms with Gasteiger partial charge in [-0.25, -0.2) is 0 Å². The molecule has 0 saturated heterocycles. The fourth-order valence-corrected chi connectivity index (χ4v) is 3.82. The van der Waals surface area contributed by atoms with E-state index in [1.54, 1.807) is 12.1 Å². The van der Waals surface area contributed by atoms with E-state index < -0.39 is 0 Å². The van der Waals surface area contributed by atoms with Crippen molar-refractivity contribution in [3.8, 4) is 0 Å². The number of rotatable bonds is 5. The Hall–Kier alpha value is -2.93. The molecule has 0 unspecified atom stereocenters. The minimum absolute atomic E-state index is 0.245. The largest absolute Gasteiger partial charge is 0.459 e. The zero-order valence-electron chi connectivity index (χ0n) is 17.2. The molecule has 1 aromatic carbocycles. The number of fused-ring (bicyclic) bond motifs is 1. The van der Waals surface area contributed by atoms with E-state index in [1.807, 2.05) is 6.92 Å². The minimum atomic E-state index is -0.251. The van der Waals surface area contributed by atoms with Gasteiger partial charge in [-0.05, 0) is 44.0 Å². The molecule has 2 aromatic heterocycles. The Bertz CT molecular complexity index is 993. The van der Waals surface area contributed by atoms with Gasteiger partial charge in [0.1, 0.15) is 5.82 Å². The number of carbonyl (C=O) groups is 1. The van der Waals surface area contributed by atoms with Crippen LogP contribution in [0.3, 0.4) is 0 Å². The van der Waals surface area contributed by atoms with Crippen LogP contribution in [0.25, 0.3) is 0 Å². The third kappa shape index (κ3) is 4.24. The molecule has 7 nitrogen and oxygen atoms in total. The summed E-state index contributed by atoms with van der Waals surface area (Å²) in [4.78, 5) is 14.8. The SMILES string of the molecule is Cc1ccc(C)c(CN2CCc3nnc([C@@H](C)NC(=O)c4ccco4)n3CC2)c1. The molecular weight excluding hydrogens is 366 g/mol. The molecule has 1 atom stereocenters. The minimum Gasteiger partial charge on any atom is -0.459 e. The average molecular weight is 393 g/mol. The predicted molar refractivity (Wildman–Crippen MR) is 110 cm³/mol. The van der Waals surface area contributed by atoms with Crippen LogP contribution in [0.15, 0.2) is 41.0 Å². The number of furan rings is 1. The molecule has 0 aliphatic carbocycles. The summed E-state index contributed by atoms with van der Waals surface area (Å²) in [6.07, 6.45) is 2.34. The van der Waals surface area contributed by atoms with Crippen LogP contribution in [0.4, 0.5) is 0 Å². The lowest BCUT2D eigenvalue weighted by Gasteiger charge is -2.21. The Morgan fingerprint density at radius 3 is 2.86 bits per heavy atom. The van der Waals surface area contributed by atoms with Gasteiger partial charge in [-0.15, -0.1) is 10.2 Å². The van der Waals surface area contributed by atoms with Crippen molar-refractivity contribution in [2.75, 3.05) is 13.1 Å². The van der Waals surface area contributed by atoms with Gasteiger partial charge in [0.05, 0.1) is 12.3 Å². The number of hydrogen-bond donors (Lipinski definition) is 1. The standard InChI is InChI=1S/C22H27N5O2/c1-15-6-7-16(2)18(13-15)14-26-9-8-20-24-25-21(27(20)11-10-26)17(3)23-22(28)19-5-4-12-29-19/h4-7,12-13,17H,8-11,14H2,1-3H3,(H,23,28)/t17-/m1/s1. The normalized spacial score (nSPS) is 15.6. The summed E-state index contributed by atoms with van der Waals surface area (Å²) in [5.41, 5.74) is 4.00. The van der Waals surface area contributed by atoms with Gasteiger partial charge in [0, 0.05) is 32.6 Å². The van der Waals surface area contributed by atoms with Crippen molar-refractivity contribution >= 4 is 5.91 Å². The summed E-state index contributed by atoms with van der Waals surface area (Å²) in [6.45, 7) is 9.84. The van der Waals surface area contributed by atoms with Gasteiger partial charge in [0.2, 0.25) is 0 Å². The van der Waals surface area contributed by atoms with Crippen LogP contribution in [-0.4, -0.2) is 38.7 Å². The molecule has 29 heavy (non-hydrogen) atoms. The average Bonchev–Trinajstić information content (AvgIpc) is 3.33. The summed E-state index contributed by atoms with van der Waals surface area (Å²) in [5.74, 6) is 1.81. The number of amides is 1. The fraction of sp³-hybridized carbons (Fsp3) is 0.409. The smallest absolute Gasteiger partial charge is 0.287 e. The van der Waals surface area contributed by atoms with Crippen LogP contribution in [0, 0.1) is 13.8 Å². The van der Waals surface area contributed by atoms with Gasteiger partial charge in [0.25, 0.3) is 5.91 Å². The third-order valence-corrected chi connectivity index (χ3v) is 5.53. The molecular formula is C22H27N5O2. The molecule has 3 aromatic rings. The lowest BCUT2D eigenvalue weighted by Crippen LogP contribution is -2.30. The highest BCUT2D eigenvalue weighted by molar-refractivity contribution is 5.91. The van der Waals surface area contributed by atoms with Crippen molar-refractivity contribution in [2.24, 2.45) is 0 Å². The molecule has 0 bridgehead atoms. The molecule has 0 saturated carbocycles. The topological polar surface area (TPSA) is 76.2 Å². The number of nitrogens with zero attached hydrogens (tertiary/aromatic N) is 4. The van der Waals surface area contributed by atoms with Crippen LogP contribution < -0.4 is 5.32 Å². The van der Waals surface area contributed by atoms with Crippen molar-refractivity contribution in [3.05, 3.63) is 70.7 Å². The van der Waals surface area contributed by atoms with Crippen LogP contribution in [0.5, 0.6) is 0 Å². The Balaban J connectivity index is 1.44. The van der Waals surface area contributed by atoms with Crippen LogP contribution in [0.1, 0.15) is 51.9 Å². The van der Waals surface area contributed by atoms with Gasteiger partial charge < -0.3 is 14.3 Å². The van der Waals surface area contributed by atoms with E-state index in [2.05, 4.69) is 57.0 Å². The number of hydrogen-bond acceptors (Lipinski definition) is 5. The molecule has 0 spiro atoms. The maximum absolute atomic E-state index is 12.3. The zero-order valence-corrected chi connectivity index (χ0v) is 17.2. The summed E-state index contributed by atoms with van der Waals surface area (Å²) >= 11 is 0. The highest BCUT2D eigenvalue weighted by Gasteiger charge is 2.23. The van der Waals surface area contributed by atoms with E-state index >= 15 is 0 Å². The Morgan fingerprint density at radius 2 is 2.07 bits per heavy atom. The van der Waals surface area contributed by atoms with Crippen molar-refractivity contribution < 1.29 is 9.21 Å². The Kier molecular flexibility index (Phi) is 5.49. The first-order valence-corrected chi connectivity index (χ1v) is 10.1. The monoisotopic (exact) mass is 393 g/mol. The molecule has 4 rings (SSSR count). The van der Waals surface area contributed by atoms with Gasteiger partial charge >= 0.3 is 0 Å².